The number of anilines is 1. The van der Waals surface area contributed by atoms with E-state index in [9.17, 15) is 4.79 Å². The van der Waals surface area contributed by atoms with Gasteiger partial charge in [0.1, 0.15) is 5.75 Å². The van der Waals surface area contributed by atoms with E-state index in [4.69, 9.17) is 4.74 Å². The van der Waals surface area contributed by atoms with Crippen molar-refractivity contribution in [3.63, 3.8) is 0 Å². The average Bonchev–Trinajstić information content (AvgIpc) is 2.45. The molecule has 0 spiro atoms. The van der Waals surface area contributed by atoms with Gasteiger partial charge in [-0.25, -0.2) is 0 Å². The number of rotatable bonds is 4. The van der Waals surface area contributed by atoms with Crippen LogP contribution in [-0.2, 0) is 4.79 Å². The van der Waals surface area contributed by atoms with Crippen LogP contribution in [0.2, 0.25) is 0 Å². The Morgan fingerprint density at radius 3 is 2.17 bits per heavy atom. The van der Waals surface area contributed by atoms with Gasteiger partial charge in [0.05, 0.1) is 0 Å². The molecule has 0 aliphatic heterocycles. The molecule has 0 fully saturated rings. The van der Waals surface area contributed by atoms with E-state index in [0.717, 1.165) is 38.2 Å². The fourth-order valence-electron chi connectivity index (χ4n) is 2.61. The quantitative estimate of drug-likeness (QED) is 0.815. The summed E-state index contributed by atoms with van der Waals surface area (Å²) >= 11 is 3.49. The van der Waals surface area contributed by atoms with E-state index in [1.165, 1.54) is 5.56 Å². The van der Waals surface area contributed by atoms with Crippen LogP contribution in [0.3, 0.4) is 0 Å². The van der Waals surface area contributed by atoms with Crippen molar-refractivity contribution in [2.45, 2.75) is 34.6 Å². The van der Waals surface area contributed by atoms with Crippen LogP contribution in [-0.4, -0.2) is 12.5 Å². The Bertz CT molecular complexity index is 730. The molecule has 0 radical (unpaired) electrons. The van der Waals surface area contributed by atoms with E-state index in [1.807, 2.05) is 46.8 Å². The van der Waals surface area contributed by atoms with Gasteiger partial charge in [-0.15, -0.1) is 0 Å². The zero-order chi connectivity index (χ0) is 17.1. The molecular weight excluding hydrogens is 354 g/mol. The lowest BCUT2D eigenvalue weighted by molar-refractivity contribution is -0.118. The molecule has 3 nitrogen and oxygen atoms in total. The molecule has 0 aliphatic carbocycles. The predicted octanol–water partition coefficient (Wildman–Crippen LogP) is 5.01. The largest absolute Gasteiger partial charge is 0.483 e. The first-order chi connectivity index (χ1) is 10.8. The number of halogens is 1. The molecule has 122 valence electrons. The minimum atomic E-state index is -0.153. The summed E-state index contributed by atoms with van der Waals surface area (Å²) in [7, 11) is 0. The van der Waals surface area contributed by atoms with Crippen LogP contribution >= 0.6 is 15.9 Å². The lowest BCUT2D eigenvalue weighted by Crippen LogP contribution is -2.21. The molecule has 0 heterocycles. The first-order valence-corrected chi connectivity index (χ1v) is 8.34. The molecule has 0 aromatic heterocycles. The van der Waals surface area contributed by atoms with Crippen LogP contribution in [0.15, 0.2) is 28.7 Å². The fraction of sp³-hybridized carbons (Fsp3) is 0.316. The summed E-state index contributed by atoms with van der Waals surface area (Å²) in [5.74, 6) is 0.582. The van der Waals surface area contributed by atoms with Crippen LogP contribution in [0.5, 0.6) is 5.75 Å². The van der Waals surface area contributed by atoms with Gasteiger partial charge in [-0.2, -0.15) is 0 Å². The molecule has 0 saturated heterocycles. The molecule has 0 atom stereocenters. The Morgan fingerprint density at radius 1 is 0.957 bits per heavy atom. The summed E-state index contributed by atoms with van der Waals surface area (Å²) in [6.45, 7) is 10.0. The third-order valence-corrected chi connectivity index (χ3v) is 4.61. The van der Waals surface area contributed by atoms with Crippen molar-refractivity contribution in [2.24, 2.45) is 0 Å². The van der Waals surface area contributed by atoms with Gasteiger partial charge in [0.15, 0.2) is 6.61 Å². The highest BCUT2D eigenvalue weighted by molar-refractivity contribution is 9.10. The highest BCUT2D eigenvalue weighted by Gasteiger charge is 2.10. The van der Waals surface area contributed by atoms with Crippen LogP contribution in [0.25, 0.3) is 0 Å². The van der Waals surface area contributed by atoms with Gasteiger partial charge < -0.3 is 10.1 Å². The van der Waals surface area contributed by atoms with Crippen molar-refractivity contribution in [1.29, 1.82) is 0 Å². The molecule has 0 bridgehead atoms. The number of benzene rings is 2. The first-order valence-electron chi connectivity index (χ1n) is 7.55. The van der Waals surface area contributed by atoms with Crippen LogP contribution in [0, 0.1) is 34.6 Å². The lowest BCUT2D eigenvalue weighted by atomic mass is 10.1. The average molecular weight is 376 g/mol. The zero-order valence-corrected chi connectivity index (χ0v) is 15.8. The molecule has 0 aliphatic rings. The van der Waals surface area contributed by atoms with E-state index in [-0.39, 0.29) is 12.5 Å². The van der Waals surface area contributed by atoms with Gasteiger partial charge in [0, 0.05) is 10.2 Å². The van der Waals surface area contributed by atoms with Crippen molar-refractivity contribution >= 4 is 27.5 Å². The molecule has 2 rings (SSSR count). The molecule has 2 aromatic carbocycles. The minimum absolute atomic E-state index is 0.00529. The van der Waals surface area contributed by atoms with Gasteiger partial charge in [-0.3, -0.25) is 4.79 Å². The Hall–Kier alpha value is -1.81. The predicted molar refractivity (Wildman–Crippen MR) is 98.4 cm³/mol. The number of aryl methyl sites for hydroxylation is 5. The highest BCUT2D eigenvalue weighted by atomic mass is 79.9. The lowest BCUT2D eigenvalue weighted by Gasteiger charge is -2.14. The Morgan fingerprint density at radius 2 is 1.57 bits per heavy atom. The van der Waals surface area contributed by atoms with Crippen LogP contribution in [0.1, 0.15) is 27.8 Å². The molecule has 1 amide bonds. The first kappa shape index (κ1) is 17.5. The number of carbonyl (C=O) groups is 1. The van der Waals surface area contributed by atoms with E-state index < -0.39 is 0 Å². The summed E-state index contributed by atoms with van der Waals surface area (Å²) in [5, 5.41) is 2.95. The van der Waals surface area contributed by atoms with Crippen LogP contribution < -0.4 is 10.1 Å². The molecule has 2 aromatic rings. The molecule has 0 unspecified atom stereocenters. The summed E-state index contributed by atoms with van der Waals surface area (Å²) in [4.78, 5) is 12.2. The van der Waals surface area contributed by atoms with E-state index in [0.29, 0.717) is 0 Å². The number of carbonyl (C=O) groups excluding carboxylic acids is 1. The summed E-state index contributed by atoms with van der Waals surface area (Å²) in [6, 6.07) is 8.06. The molecular formula is C19H22BrNO2. The number of ether oxygens (including phenoxy) is 1. The van der Waals surface area contributed by atoms with Gasteiger partial charge in [-0.05, 0) is 69.0 Å². The number of amides is 1. The van der Waals surface area contributed by atoms with Crippen molar-refractivity contribution in [3.8, 4) is 5.75 Å². The maximum Gasteiger partial charge on any atom is 0.262 e. The second-order valence-electron chi connectivity index (χ2n) is 5.98. The Kier molecular flexibility index (Phi) is 5.47. The molecule has 23 heavy (non-hydrogen) atoms. The summed E-state index contributed by atoms with van der Waals surface area (Å²) in [5.41, 5.74) is 6.26. The third-order valence-electron chi connectivity index (χ3n) is 3.76. The molecule has 1 N–H and O–H groups in total. The highest BCUT2D eigenvalue weighted by Crippen LogP contribution is 2.26. The second-order valence-corrected chi connectivity index (χ2v) is 6.83. The van der Waals surface area contributed by atoms with Crippen LogP contribution in [0.4, 0.5) is 5.69 Å². The standard InChI is InChI=1S/C19H22BrNO2/c1-11-6-14(4)19(15(5)7-11)21-18(22)10-23-17-9-12(2)16(20)8-13(17)3/h6-9H,10H2,1-5H3,(H,21,22). The minimum Gasteiger partial charge on any atom is -0.483 e. The second kappa shape index (κ2) is 7.18. The van der Waals surface area contributed by atoms with Crippen molar-refractivity contribution in [3.05, 3.63) is 56.6 Å². The third kappa shape index (κ3) is 4.35. The SMILES string of the molecule is Cc1cc(C)c(NC(=O)COc2cc(C)c(Br)cc2C)c(C)c1. The van der Waals surface area contributed by atoms with E-state index in [2.05, 4.69) is 33.4 Å². The van der Waals surface area contributed by atoms with E-state index in [1.54, 1.807) is 0 Å². The fourth-order valence-corrected chi connectivity index (χ4v) is 3.06. The zero-order valence-electron chi connectivity index (χ0n) is 14.2. The summed E-state index contributed by atoms with van der Waals surface area (Å²) < 4.78 is 6.72. The number of hydrogen-bond acceptors (Lipinski definition) is 2. The molecule has 0 saturated carbocycles. The van der Waals surface area contributed by atoms with Crippen molar-refractivity contribution in [2.75, 3.05) is 11.9 Å². The smallest absolute Gasteiger partial charge is 0.262 e. The maximum absolute atomic E-state index is 12.2. The van der Waals surface area contributed by atoms with Gasteiger partial charge >= 0.3 is 0 Å². The van der Waals surface area contributed by atoms with E-state index >= 15 is 0 Å². The van der Waals surface area contributed by atoms with Gasteiger partial charge in [0.2, 0.25) is 0 Å². The Labute approximate surface area is 146 Å². The number of hydrogen-bond donors (Lipinski definition) is 1. The van der Waals surface area contributed by atoms with Gasteiger partial charge in [-0.1, -0.05) is 33.6 Å². The van der Waals surface area contributed by atoms with Crippen molar-refractivity contribution < 1.29 is 9.53 Å². The molecule has 4 heteroatoms. The number of nitrogens with one attached hydrogen (secondary N) is 1. The van der Waals surface area contributed by atoms with Gasteiger partial charge in [0.25, 0.3) is 5.91 Å². The summed E-state index contributed by atoms with van der Waals surface area (Å²) in [6.07, 6.45) is 0. The topological polar surface area (TPSA) is 38.3 Å². The van der Waals surface area contributed by atoms with Crippen molar-refractivity contribution in [1.82, 2.24) is 0 Å². The maximum atomic E-state index is 12.2. The Balaban J connectivity index is 2.05. The normalized spacial score (nSPS) is 10.5. The monoisotopic (exact) mass is 375 g/mol.